The highest BCUT2D eigenvalue weighted by Crippen LogP contribution is 2.40. The molecule has 0 unspecified atom stereocenters. The summed E-state index contributed by atoms with van der Waals surface area (Å²) in [5.74, 6) is -2.08. The summed E-state index contributed by atoms with van der Waals surface area (Å²) in [6, 6.07) is 4.97. The van der Waals surface area contributed by atoms with Crippen LogP contribution in [0.25, 0.3) is 5.52 Å². The zero-order valence-electron chi connectivity index (χ0n) is 20.3. The number of carbonyl (C=O) groups is 2. The second-order valence-electron chi connectivity index (χ2n) is 9.87. The Labute approximate surface area is 202 Å². The van der Waals surface area contributed by atoms with Crippen molar-refractivity contribution in [3.05, 3.63) is 24.2 Å². The Morgan fingerprint density at radius 3 is 2.63 bits per heavy atom. The molecule has 1 aliphatic heterocycles. The van der Waals surface area contributed by atoms with Gasteiger partial charge in [-0.15, -0.1) is 0 Å². The molecule has 12 heteroatoms. The molecule has 1 aliphatic rings. The summed E-state index contributed by atoms with van der Waals surface area (Å²) < 4.78 is 17.8. The van der Waals surface area contributed by atoms with Gasteiger partial charge in [-0.1, -0.05) is 13.8 Å². The van der Waals surface area contributed by atoms with Crippen LogP contribution in [0.4, 0.5) is 5.82 Å². The number of nitrogens with two attached hydrogens (primary N) is 1. The molecule has 5 atom stereocenters. The minimum Gasteiger partial charge on any atom is -0.463 e. The first-order chi connectivity index (χ1) is 16.3. The van der Waals surface area contributed by atoms with E-state index in [0.29, 0.717) is 5.52 Å². The van der Waals surface area contributed by atoms with Gasteiger partial charge in [-0.25, -0.2) is 9.50 Å². The number of hydrogen-bond donors (Lipinski definition) is 3. The SMILES string of the molecule is CC(C)[C@H](CC(=O)OC(C)(C)C)C(=O)OC[C@H]1O[C@@](C#N)(c2ccc3c(N)ncnn23)[C@H](O)[C@@H]1O. The van der Waals surface area contributed by atoms with Crippen molar-refractivity contribution in [2.45, 2.75) is 70.6 Å². The summed E-state index contributed by atoms with van der Waals surface area (Å²) in [6.45, 7) is 8.29. The van der Waals surface area contributed by atoms with Crippen molar-refractivity contribution in [2.75, 3.05) is 12.3 Å². The maximum atomic E-state index is 12.8. The summed E-state index contributed by atoms with van der Waals surface area (Å²) >= 11 is 0. The molecule has 12 nitrogen and oxygen atoms in total. The lowest BCUT2D eigenvalue weighted by atomic mass is 9.92. The normalized spacial score (nSPS) is 25.4. The van der Waals surface area contributed by atoms with Gasteiger partial charge < -0.3 is 30.2 Å². The first kappa shape index (κ1) is 26.3. The molecule has 0 aromatic carbocycles. The lowest BCUT2D eigenvalue weighted by Gasteiger charge is -2.24. The van der Waals surface area contributed by atoms with E-state index in [2.05, 4.69) is 10.1 Å². The molecule has 2 aromatic heterocycles. The van der Waals surface area contributed by atoms with Gasteiger partial charge in [-0.2, -0.15) is 10.4 Å². The fourth-order valence-corrected chi connectivity index (χ4v) is 3.98. The minimum absolute atomic E-state index is 0.134. The summed E-state index contributed by atoms with van der Waals surface area (Å²) in [6.07, 6.45) is -3.43. The predicted octanol–water partition coefficient (Wildman–Crippen LogP) is 0.698. The molecule has 0 bridgehead atoms. The van der Waals surface area contributed by atoms with Crippen LogP contribution in [-0.4, -0.2) is 67.3 Å². The highest BCUT2D eigenvalue weighted by Gasteiger charge is 2.58. The number of esters is 2. The first-order valence-corrected chi connectivity index (χ1v) is 11.2. The third kappa shape index (κ3) is 5.22. The van der Waals surface area contributed by atoms with Gasteiger partial charge in [0.1, 0.15) is 48.4 Å². The number of aromatic nitrogens is 3. The average Bonchev–Trinajstić information content (AvgIpc) is 3.30. The maximum absolute atomic E-state index is 12.8. The Morgan fingerprint density at radius 2 is 2.03 bits per heavy atom. The van der Waals surface area contributed by atoms with Crippen LogP contribution in [0.2, 0.25) is 0 Å². The van der Waals surface area contributed by atoms with Crippen molar-refractivity contribution in [3.63, 3.8) is 0 Å². The molecule has 2 aromatic rings. The zero-order chi connectivity index (χ0) is 26.1. The zero-order valence-corrected chi connectivity index (χ0v) is 20.3. The van der Waals surface area contributed by atoms with Gasteiger partial charge in [-0.05, 0) is 38.8 Å². The molecule has 1 fully saturated rings. The Bertz CT molecular complexity index is 1140. The predicted molar refractivity (Wildman–Crippen MR) is 121 cm³/mol. The van der Waals surface area contributed by atoms with Crippen molar-refractivity contribution < 1.29 is 34.0 Å². The lowest BCUT2D eigenvalue weighted by molar-refractivity contribution is -0.165. The van der Waals surface area contributed by atoms with Crippen LogP contribution in [0.3, 0.4) is 0 Å². The number of hydrogen-bond acceptors (Lipinski definition) is 11. The molecule has 190 valence electrons. The van der Waals surface area contributed by atoms with Crippen LogP contribution in [0, 0.1) is 23.2 Å². The molecule has 0 radical (unpaired) electrons. The van der Waals surface area contributed by atoms with Crippen LogP contribution < -0.4 is 5.73 Å². The number of rotatable bonds is 7. The minimum atomic E-state index is -2.00. The van der Waals surface area contributed by atoms with E-state index in [9.17, 15) is 25.1 Å². The third-order valence-electron chi connectivity index (χ3n) is 5.79. The smallest absolute Gasteiger partial charge is 0.309 e. The molecular formula is C23H31N5O7. The monoisotopic (exact) mass is 489 g/mol. The van der Waals surface area contributed by atoms with E-state index in [1.165, 1.54) is 16.9 Å². The van der Waals surface area contributed by atoms with Crippen molar-refractivity contribution in [3.8, 4) is 6.07 Å². The number of carbonyl (C=O) groups excluding carboxylic acids is 2. The summed E-state index contributed by atoms with van der Waals surface area (Å²) in [5.41, 5.74) is 3.67. The highest BCUT2D eigenvalue weighted by atomic mass is 16.6. The van der Waals surface area contributed by atoms with E-state index in [1.54, 1.807) is 40.7 Å². The molecule has 35 heavy (non-hydrogen) atoms. The molecule has 3 rings (SSSR count). The third-order valence-corrected chi connectivity index (χ3v) is 5.79. The summed E-state index contributed by atoms with van der Waals surface area (Å²) in [7, 11) is 0. The van der Waals surface area contributed by atoms with Gasteiger partial charge in [0.2, 0.25) is 5.60 Å². The molecule has 0 spiro atoms. The lowest BCUT2D eigenvalue weighted by Crippen LogP contribution is -2.41. The van der Waals surface area contributed by atoms with E-state index in [1.807, 2.05) is 6.07 Å². The van der Waals surface area contributed by atoms with Crippen molar-refractivity contribution >= 4 is 23.3 Å². The van der Waals surface area contributed by atoms with Crippen molar-refractivity contribution in [2.24, 2.45) is 11.8 Å². The van der Waals surface area contributed by atoms with Gasteiger partial charge >= 0.3 is 11.9 Å². The van der Waals surface area contributed by atoms with Gasteiger partial charge in [0.25, 0.3) is 0 Å². The van der Waals surface area contributed by atoms with Gasteiger partial charge in [0, 0.05) is 0 Å². The largest absolute Gasteiger partial charge is 0.463 e. The number of aliphatic hydroxyl groups is 2. The van der Waals surface area contributed by atoms with Crippen LogP contribution >= 0.6 is 0 Å². The fourth-order valence-electron chi connectivity index (χ4n) is 3.98. The second-order valence-corrected chi connectivity index (χ2v) is 9.87. The van der Waals surface area contributed by atoms with Crippen LogP contribution in [0.1, 0.15) is 46.7 Å². The van der Waals surface area contributed by atoms with Gasteiger partial charge in [0.15, 0.2) is 5.82 Å². The Morgan fingerprint density at radius 1 is 1.34 bits per heavy atom. The van der Waals surface area contributed by atoms with Crippen molar-refractivity contribution in [1.82, 2.24) is 14.6 Å². The Kier molecular flexibility index (Phi) is 7.35. The maximum Gasteiger partial charge on any atom is 0.309 e. The summed E-state index contributed by atoms with van der Waals surface area (Å²) in [5, 5.41) is 35.4. The first-order valence-electron chi connectivity index (χ1n) is 11.2. The Balaban J connectivity index is 1.75. The second kappa shape index (κ2) is 9.77. The van der Waals surface area contributed by atoms with Gasteiger partial charge in [-0.3, -0.25) is 9.59 Å². The Hall–Kier alpha value is -3.27. The molecule has 3 heterocycles. The molecular weight excluding hydrogens is 458 g/mol. The molecule has 0 saturated carbocycles. The van der Waals surface area contributed by atoms with E-state index < -0.39 is 54.0 Å². The van der Waals surface area contributed by atoms with E-state index in [4.69, 9.17) is 19.9 Å². The number of nitrogen functional groups attached to an aromatic ring is 1. The fraction of sp³-hybridized carbons (Fsp3) is 0.609. The molecule has 1 saturated heterocycles. The van der Waals surface area contributed by atoms with Crippen LogP contribution in [0.15, 0.2) is 18.5 Å². The van der Waals surface area contributed by atoms with E-state index in [-0.39, 0.29) is 23.9 Å². The highest BCUT2D eigenvalue weighted by molar-refractivity contribution is 5.80. The number of anilines is 1. The van der Waals surface area contributed by atoms with Gasteiger partial charge in [0.05, 0.1) is 18.0 Å². The number of nitrogens with zero attached hydrogens (tertiary/aromatic N) is 4. The van der Waals surface area contributed by atoms with Crippen LogP contribution in [-0.2, 0) is 29.4 Å². The van der Waals surface area contributed by atoms with Crippen molar-refractivity contribution in [1.29, 1.82) is 5.26 Å². The number of nitriles is 1. The van der Waals surface area contributed by atoms with Crippen LogP contribution in [0.5, 0.6) is 0 Å². The van der Waals surface area contributed by atoms with E-state index in [0.717, 1.165) is 0 Å². The molecule has 4 N–H and O–H groups in total. The number of ether oxygens (including phenoxy) is 3. The number of fused-ring (bicyclic) bond motifs is 1. The number of aliphatic hydroxyl groups excluding tert-OH is 2. The molecule has 0 amide bonds. The topological polar surface area (TPSA) is 182 Å². The molecule has 0 aliphatic carbocycles. The van der Waals surface area contributed by atoms with E-state index >= 15 is 0 Å². The quantitative estimate of drug-likeness (QED) is 0.465. The summed E-state index contributed by atoms with van der Waals surface area (Å²) in [4.78, 5) is 28.9. The average molecular weight is 490 g/mol. The standard InChI is InChI=1S/C23H31N5O7/c1-12(2)13(8-17(29)35-22(3,4)5)21(32)33-9-15-18(30)19(31)23(10-24,34-15)16-7-6-14-20(25)26-11-27-28(14)16/h6-7,11-13,15,18-19,30-31H,8-9H2,1-5H3,(H2,25,26,27)/t13-,15+,18+,19+,23-/m0/s1.